The van der Waals surface area contributed by atoms with Crippen molar-refractivity contribution in [1.29, 1.82) is 0 Å². The van der Waals surface area contributed by atoms with Gasteiger partial charge >= 0.3 is 6.09 Å². The first-order chi connectivity index (χ1) is 11.6. The number of nitrogens with zero attached hydrogens (tertiary/aromatic N) is 1. The summed E-state index contributed by atoms with van der Waals surface area (Å²) in [7, 11) is 3.39. The van der Waals surface area contributed by atoms with Gasteiger partial charge in [-0.1, -0.05) is 36.3 Å². The highest BCUT2D eigenvalue weighted by atomic mass is 32.1. The smallest absolute Gasteiger partial charge is 0.408 e. The standard InChI is InChI=1S/C20H23NO2S/c1-21(2)20(22)23-19-16-11-7-8-12-17(16)24-18(19)14-13-15-9-5-3-4-6-10-15/h7-9,11-14H,3-6,10H2,1-2H3/b14-13+. The third kappa shape index (κ3) is 3.88. The van der Waals surface area contributed by atoms with E-state index in [1.807, 2.05) is 18.2 Å². The number of hydrogen-bond donors (Lipinski definition) is 0. The van der Waals surface area contributed by atoms with Crippen LogP contribution in [-0.2, 0) is 0 Å². The Hall–Kier alpha value is -2.07. The number of benzene rings is 1. The third-order valence-electron chi connectivity index (χ3n) is 4.15. The lowest BCUT2D eigenvalue weighted by atomic mass is 10.1. The monoisotopic (exact) mass is 341 g/mol. The van der Waals surface area contributed by atoms with Gasteiger partial charge in [0.05, 0.1) is 4.88 Å². The van der Waals surface area contributed by atoms with Gasteiger partial charge in [0.1, 0.15) is 0 Å². The lowest BCUT2D eigenvalue weighted by Crippen LogP contribution is -2.25. The molecule has 0 unspecified atom stereocenters. The van der Waals surface area contributed by atoms with Crippen molar-refractivity contribution in [3.05, 3.63) is 46.9 Å². The van der Waals surface area contributed by atoms with E-state index in [2.05, 4.69) is 24.3 Å². The molecule has 24 heavy (non-hydrogen) atoms. The van der Waals surface area contributed by atoms with E-state index in [0.29, 0.717) is 5.75 Å². The van der Waals surface area contributed by atoms with Crippen LogP contribution in [0, 0.1) is 0 Å². The van der Waals surface area contributed by atoms with Crippen molar-refractivity contribution in [1.82, 2.24) is 4.90 Å². The van der Waals surface area contributed by atoms with Gasteiger partial charge in [-0.25, -0.2) is 4.79 Å². The summed E-state index contributed by atoms with van der Waals surface area (Å²) in [5.74, 6) is 0.666. The maximum absolute atomic E-state index is 12.0. The van der Waals surface area contributed by atoms with Gasteiger partial charge in [0, 0.05) is 24.2 Å². The van der Waals surface area contributed by atoms with E-state index in [9.17, 15) is 4.79 Å². The van der Waals surface area contributed by atoms with Crippen molar-refractivity contribution < 1.29 is 9.53 Å². The van der Waals surface area contributed by atoms with Gasteiger partial charge in [-0.3, -0.25) is 0 Å². The Kier molecular flexibility index (Phi) is 5.36. The average Bonchev–Trinajstić information content (AvgIpc) is 2.74. The summed E-state index contributed by atoms with van der Waals surface area (Å²) >= 11 is 1.66. The Morgan fingerprint density at radius 3 is 2.83 bits per heavy atom. The van der Waals surface area contributed by atoms with Crippen LogP contribution in [0.1, 0.15) is 37.0 Å². The van der Waals surface area contributed by atoms with Crippen LogP contribution >= 0.6 is 11.3 Å². The van der Waals surface area contributed by atoms with Crippen LogP contribution in [0.15, 0.2) is 42.0 Å². The van der Waals surface area contributed by atoms with Crippen LogP contribution in [0.3, 0.4) is 0 Å². The van der Waals surface area contributed by atoms with Gasteiger partial charge < -0.3 is 9.64 Å². The Bertz CT molecular complexity index is 786. The molecule has 126 valence electrons. The fourth-order valence-corrected chi connectivity index (χ4v) is 3.84. The molecule has 0 saturated heterocycles. The first-order valence-electron chi connectivity index (χ1n) is 8.43. The second kappa shape index (κ2) is 7.67. The molecule has 0 aliphatic heterocycles. The van der Waals surface area contributed by atoms with E-state index in [4.69, 9.17) is 4.74 Å². The Labute approximate surface area is 147 Å². The van der Waals surface area contributed by atoms with Crippen molar-refractivity contribution >= 4 is 33.6 Å². The molecule has 1 amide bonds. The van der Waals surface area contributed by atoms with Gasteiger partial charge in [-0.15, -0.1) is 11.3 Å². The molecule has 3 rings (SSSR count). The third-order valence-corrected chi connectivity index (χ3v) is 5.27. The van der Waals surface area contributed by atoms with E-state index in [1.165, 1.54) is 29.7 Å². The van der Waals surface area contributed by atoms with E-state index in [1.54, 1.807) is 25.4 Å². The maximum atomic E-state index is 12.0. The Morgan fingerprint density at radius 2 is 2.00 bits per heavy atom. The second-order valence-corrected chi connectivity index (χ2v) is 7.35. The first-order valence-corrected chi connectivity index (χ1v) is 9.24. The molecule has 1 aliphatic carbocycles. The van der Waals surface area contributed by atoms with Crippen molar-refractivity contribution in [3.8, 4) is 5.75 Å². The second-order valence-electron chi connectivity index (χ2n) is 6.27. The molecule has 1 aromatic carbocycles. The minimum absolute atomic E-state index is 0.345. The first kappa shape index (κ1) is 16.8. The lowest BCUT2D eigenvalue weighted by Gasteiger charge is -2.11. The molecule has 0 bridgehead atoms. The molecule has 2 aromatic rings. The molecule has 0 atom stereocenters. The van der Waals surface area contributed by atoms with E-state index >= 15 is 0 Å². The number of thiophene rings is 1. The zero-order valence-electron chi connectivity index (χ0n) is 14.2. The van der Waals surface area contributed by atoms with Crippen LogP contribution in [0.2, 0.25) is 0 Å². The molecule has 4 heteroatoms. The van der Waals surface area contributed by atoms with Crippen LogP contribution in [0.25, 0.3) is 16.2 Å². The van der Waals surface area contributed by atoms with Crippen molar-refractivity contribution in [2.24, 2.45) is 0 Å². The van der Waals surface area contributed by atoms with Crippen molar-refractivity contribution in [3.63, 3.8) is 0 Å². The van der Waals surface area contributed by atoms with Gasteiger partial charge in [-0.05, 0) is 43.9 Å². The molecule has 0 N–H and O–H groups in total. The van der Waals surface area contributed by atoms with Gasteiger partial charge in [0.2, 0.25) is 0 Å². The van der Waals surface area contributed by atoms with E-state index in [-0.39, 0.29) is 6.09 Å². The fourth-order valence-electron chi connectivity index (χ4n) is 2.81. The number of carbonyl (C=O) groups excluding carboxylic acids is 1. The largest absolute Gasteiger partial charge is 0.414 e. The molecule has 3 nitrogen and oxygen atoms in total. The molecule has 0 saturated carbocycles. The van der Waals surface area contributed by atoms with Crippen LogP contribution in [-0.4, -0.2) is 25.1 Å². The molecule has 0 fully saturated rings. The minimum Gasteiger partial charge on any atom is -0.408 e. The Morgan fingerprint density at radius 1 is 1.17 bits per heavy atom. The van der Waals surface area contributed by atoms with Gasteiger partial charge in [-0.2, -0.15) is 0 Å². The number of fused-ring (bicyclic) bond motifs is 1. The summed E-state index contributed by atoms with van der Waals surface area (Å²) in [4.78, 5) is 14.5. The topological polar surface area (TPSA) is 29.5 Å². The van der Waals surface area contributed by atoms with Crippen LogP contribution in [0.5, 0.6) is 5.75 Å². The maximum Gasteiger partial charge on any atom is 0.414 e. The average molecular weight is 341 g/mol. The predicted molar refractivity (Wildman–Crippen MR) is 102 cm³/mol. The van der Waals surface area contributed by atoms with E-state index < -0.39 is 0 Å². The number of allylic oxidation sites excluding steroid dienone is 3. The number of rotatable bonds is 3. The summed E-state index contributed by atoms with van der Waals surface area (Å²) in [5.41, 5.74) is 1.38. The number of hydrogen-bond acceptors (Lipinski definition) is 3. The van der Waals surface area contributed by atoms with E-state index in [0.717, 1.165) is 27.8 Å². The molecule has 1 aromatic heterocycles. The lowest BCUT2D eigenvalue weighted by molar-refractivity contribution is 0.172. The van der Waals surface area contributed by atoms with Crippen molar-refractivity contribution in [2.75, 3.05) is 14.1 Å². The quantitative estimate of drug-likeness (QED) is 0.699. The predicted octanol–water partition coefficient (Wildman–Crippen LogP) is 5.87. The molecule has 1 heterocycles. The summed E-state index contributed by atoms with van der Waals surface area (Å²) < 4.78 is 6.78. The van der Waals surface area contributed by atoms with Crippen LogP contribution < -0.4 is 4.74 Å². The highest BCUT2D eigenvalue weighted by Crippen LogP contribution is 2.39. The summed E-state index contributed by atoms with van der Waals surface area (Å²) in [6.45, 7) is 0. The molecular weight excluding hydrogens is 318 g/mol. The summed E-state index contributed by atoms with van der Waals surface area (Å²) in [6.07, 6.45) is 12.4. The molecule has 0 spiro atoms. The minimum atomic E-state index is -0.345. The molecule has 1 aliphatic rings. The van der Waals surface area contributed by atoms with Crippen LogP contribution in [0.4, 0.5) is 4.79 Å². The van der Waals surface area contributed by atoms with Gasteiger partial charge in [0.15, 0.2) is 5.75 Å². The van der Waals surface area contributed by atoms with Gasteiger partial charge in [0.25, 0.3) is 0 Å². The number of ether oxygens (including phenoxy) is 1. The summed E-state index contributed by atoms with van der Waals surface area (Å²) in [6, 6.07) is 8.06. The molecule has 0 radical (unpaired) electrons. The molecular formula is C20H23NO2S. The Balaban J connectivity index is 1.94. The van der Waals surface area contributed by atoms with Crippen molar-refractivity contribution in [2.45, 2.75) is 32.1 Å². The summed E-state index contributed by atoms with van der Waals surface area (Å²) in [5, 5.41) is 0.993. The highest BCUT2D eigenvalue weighted by molar-refractivity contribution is 7.20. The zero-order valence-corrected chi connectivity index (χ0v) is 15.1. The normalized spacial score (nSPS) is 15.3. The fraction of sp³-hybridized carbons (Fsp3) is 0.350. The highest BCUT2D eigenvalue weighted by Gasteiger charge is 2.16. The SMILES string of the molecule is CN(C)C(=O)Oc1c(/C=C/C2=CCCCCC2)sc2ccccc12. The number of carbonyl (C=O) groups is 1. The number of amides is 1. The zero-order chi connectivity index (χ0) is 16.9.